The average molecular weight is 262 g/mol. The van der Waals surface area contributed by atoms with Gasteiger partial charge in [-0.1, -0.05) is 0 Å². The first-order chi connectivity index (χ1) is 8.56. The van der Waals surface area contributed by atoms with Crippen LogP contribution in [0, 0.1) is 12.3 Å². The summed E-state index contributed by atoms with van der Waals surface area (Å²) in [6.07, 6.45) is 1.45. The van der Waals surface area contributed by atoms with Gasteiger partial charge in [-0.2, -0.15) is 5.10 Å². The van der Waals surface area contributed by atoms with Crippen LogP contribution in [0.1, 0.15) is 11.3 Å². The van der Waals surface area contributed by atoms with Gasteiger partial charge in [0, 0.05) is 11.8 Å². The van der Waals surface area contributed by atoms with E-state index in [9.17, 15) is 4.79 Å². The molecule has 0 aliphatic heterocycles. The van der Waals surface area contributed by atoms with Crippen LogP contribution in [0.25, 0.3) is 0 Å². The Hall–Kier alpha value is -2.22. The van der Waals surface area contributed by atoms with E-state index in [1.165, 1.54) is 12.3 Å². The standard InChI is InChI=1S/C10H10N6OS/c1-5-4-7(17)15-10(14-5)18-9-6(8(11)12)2-3-13-16-9/h2-4H,1H3,(H3,11,12)(H,14,15,17). The van der Waals surface area contributed by atoms with Gasteiger partial charge in [-0.05, 0) is 24.8 Å². The van der Waals surface area contributed by atoms with E-state index in [-0.39, 0.29) is 11.4 Å². The summed E-state index contributed by atoms with van der Waals surface area (Å²) in [6.45, 7) is 1.72. The van der Waals surface area contributed by atoms with E-state index in [0.29, 0.717) is 21.4 Å². The molecular weight excluding hydrogens is 252 g/mol. The summed E-state index contributed by atoms with van der Waals surface area (Å²) >= 11 is 1.11. The van der Waals surface area contributed by atoms with Crippen molar-refractivity contribution in [3.63, 3.8) is 0 Å². The minimum atomic E-state index is -0.238. The maximum atomic E-state index is 11.3. The largest absolute Gasteiger partial charge is 0.384 e. The highest BCUT2D eigenvalue weighted by Gasteiger charge is 2.10. The molecule has 18 heavy (non-hydrogen) atoms. The first kappa shape index (κ1) is 12.2. The molecule has 0 atom stereocenters. The van der Waals surface area contributed by atoms with Crippen LogP contribution in [0.2, 0.25) is 0 Å². The molecule has 2 aromatic rings. The van der Waals surface area contributed by atoms with Crippen molar-refractivity contribution in [2.24, 2.45) is 5.73 Å². The van der Waals surface area contributed by atoms with Crippen LogP contribution in [0.3, 0.4) is 0 Å². The van der Waals surface area contributed by atoms with Gasteiger partial charge in [-0.3, -0.25) is 10.2 Å². The maximum absolute atomic E-state index is 11.3. The van der Waals surface area contributed by atoms with Gasteiger partial charge in [-0.25, -0.2) is 4.98 Å². The van der Waals surface area contributed by atoms with E-state index in [0.717, 1.165) is 11.8 Å². The van der Waals surface area contributed by atoms with Crippen molar-refractivity contribution in [1.82, 2.24) is 20.2 Å². The third-order valence-electron chi connectivity index (χ3n) is 2.02. The molecule has 4 N–H and O–H groups in total. The van der Waals surface area contributed by atoms with E-state index in [2.05, 4.69) is 20.2 Å². The molecule has 0 bridgehead atoms. The first-order valence-corrected chi connectivity index (χ1v) is 5.80. The number of hydrogen-bond acceptors (Lipinski definition) is 6. The molecule has 0 fully saturated rings. The number of aromatic nitrogens is 4. The second-order valence-corrected chi connectivity index (χ2v) is 4.44. The van der Waals surface area contributed by atoms with Crippen LogP contribution in [-0.4, -0.2) is 26.0 Å². The summed E-state index contributed by atoms with van der Waals surface area (Å²) in [5.74, 6) is -0.109. The highest BCUT2D eigenvalue weighted by Crippen LogP contribution is 2.24. The van der Waals surface area contributed by atoms with Crippen molar-refractivity contribution < 1.29 is 0 Å². The van der Waals surface area contributed by atoms with E-state index in [1.54, 1.807) is 13.0 Å². The minimum Gasteiger partial charge on any atom is -0.384 e. The minimum absolute atomic E-state index is 0.109. The van der Waals surface area contributed by atoms with Gasteiger partial charge in [0.2, 0.25) is 0 Å². The number of nitrogens with zero attached hydrogens (tertiary/aromatic N) is 3. The molecule has 92 valence electrons. The van der Waals surface area contributed by atoms with E-state index < -0.39 is 0 Å². The molecule has 8 heteroatoms. The van der Waals surface area contributed by atoms with Gasteiger partial charge in [0.15, 0.2) is 5.16 Å². The zero-order valence-corrected chi connectivity index (χ0v) is 10.3. The second kappa shape index (κ2) is 4.96. The highest BCUT2D eigenvalue weighted by atomic mass is 32.2. The Morgan fingerprint density at radius 2 is 2.33 bits per heavy atom. The second-order valence-electron chi connectivity index (χ2n) is 3.46. The molecule has 2 aromatic heterocycles. The third-order valence-corrected chi connectivity index (χ3v) is 2.90. The molecule has 0 unspecified atom stereocenters. The number of H-pyrrole nitrogens is 1. The fourth-order valence-corrected chi connectivity index (χ4v) is 2.19. The summed E-state index contributed by atoms with van der Waals surface area (Å²) in [7, 11) is 0. The molecule has 0 aliphatic rings. The Labute approximate surface area is 106 Å². The van der Waals surface area contributed by atoms with Gasteiger partial charge in [0.1, 0.15) is 10.9 Å². The van der Waals surface area contributed by atoms with Crippen LogP contribution >= 0.6 is 11.8 Å². The molecule has 0 aliphatic carbocycles. The average Bonchev–Trinajstić information content (AvgIpc) is 2.27. The number of nitrogens with one attached hydrogen (secondary N) is 2. The third kappa shape index (κ3) is 2.72. The molecule has 0 saturated carbocycles. The molecule has 0 aromatic carbocycles. The Balaban J connectivity index is 2.40. The van der Waals surface area contributed by atoms with Crippen molar-refractivity contribution in [2.45, 2.75) is 17.1 Å². The number of aryl methyl sites for hydroxylation is 1. The Morgan fingerprint density at radius 1 is 1.56 bits per heavy atom. The monoisotopic (exact) mass is 262 g/mol. The number of aromatic amines is 1. The van der Waals surface area contributed by atoms with Gasteiger partial charge in [0.25, 0.3) is 5.56 Å². The van der Waals surface area contributed by atoms with Crippen LogP contribution in [0.15, 0.2) is 33.3 Å². The van der Waals surface area contributed by atoms with Crippen LogP contribution in [0.5, 0.6) is 0 Å². The smallest absolute Gasteiger partial charge is 0.251 e. The molecule has 0 radical (unpaired) electrons. The van der Waals surface area contributed by atoms with Crippen molar-refractivity contribution in [2.75, 3.05) is 0 Å². The lowest BCUT2D eigenvalue weighted by Gasteiger charge is -2.04. The van der Waals surface area contributed by atoms with Gasteiger partial charge in [0.05, 0.1) is 11.8 Å². The van der Waals surface area contributed by atoms with Crippen molar-refractivity contribution in [3.8, 4) is 0 Å². The highest BCUT2D eigenvalue weighted by molar-refractivity contribution is 7.99. The van der Waals surface area contributed by atoms with Crippen LogP contribution < -0.4 is 11.3 Å². The van der Waals surface area contributed by atoms with Crippen molar-refractivity contribution in [3.05, 3.63) is 39.9 Å². The van der Waals surface area contributed by atoms with E-state index in [1.807, 2.05) is 0 Å². The lowest BCUT2D eigenvalue weighted by atomic mass is 10.3. The number of hydrogen-bond donors (Lipinski definition) is 3. The summed E-state index contributed by atoms with van der Waals surface area (Å²) in [4.78, 5) is 18.0. The Kier molecular flexibility index (Phi) is 3.38. The molecule has 0 spiro atoms. The fourth-order valence-electron chi connectivity index (χ4n) is 1.29. The molecule has 2 heterocycles. The summed E-state index contributed by atoms with van der Waals surface area (Å²) < 4.78 is 0. The first-order valence-electron chi connectivity index (χ1n) is 4.98. The molecule has 7 nitrogen and oxygen atoms in total. The quantitative estimate of drug-likeness (QED) is 0.415. The van der Waals surface area contributed by atoms with Gasteiger partial charge < -0.3 is 10.7 Å². The lowest BCUT2D eigenvalue weighted by molar-refractivity contribution is 0.883. The zero-order chi connectivity index (χ0) is 13.1. The summed E-state index contributed by atoms with van der Waals surface area (Å²) in [5.41, 5.74) is 6.26. The number of rotatable bonds is 3. The fraction of sp³-hybridized carbons (Fsp3) is 0.100. The Bertz CT molecular complexity index is 653. The molecule has 0 saturated heterocycles. The van der Waals surface area contributed by atoms with Crippen LogP contribution in [0.4, 0.5) is 0 Å². The lowest BCUT2D eigenvalue weighted by Crippen LogP contribution is -2.14. The Morgan fingerprint density at radius 3 is 3.00 bits per heavy atom. The van der Waals surface area contributed by atoms with Gasteiger partial charge in [-0.15, -0.1) is 5.10 Å². The van der Waals surface area contributed by atoms with E-state index >= 15 is 0 Å². The molecular formula is C10H10N6OS. The van der Waals surface area contributed by atoms with E-state index in [4.69, 9.17) is 11.1 Å². The predicted molar refractivity (Wildman–Crippen MR) is 66.8 cm³/mol. The van der Waals surface area contributed by atoms with Crippen LogP contribution in [-0.2, 0) is 0 Å². The SMILES string of the molecule is Cc1cc(=O)[nH]c(Sc2nnccc2C(=N)N)n1. The normalized spacial score (nSPS) is 10.3. The van der Waals surface area contributed by atoms with Crippen molar-refractivity contribution in [1.29, 1.82) is 5.41 Å². The number of nitrogens with two attached hydrogens (primary N) is 1. The van der Waals surface area contributed by atoms with Crippen molar-refractivity contribution >= 4 is 17.6 Å². The zero-order valence-electron chi connectivity index (χ0n) is 9.47. The summed E-state index contributed by atoms with van der Waals surface area (Å²) in [5, 5.41) is 15.9. The number of amidine groups is 1. The molecule has 0 amide bonds. The van der Waals surface area contributed by atoms with Gasteiger partial charge >= 0.3 is 0 Å². The maximum Gasteiger partial charge on any atom is 0.251 e. The topological polar surface area (TPSA) is 121 Å². The summed E-state index contributed by atoms with van der Waals surface area (Å²) in [6, 6.07) is 2.98. The number of nitrogen functional groups attached to an aromatic ring is 1. The molecule has 2 rings (SSSR count). The predicted octanol–water partition coefficient (Wildman–Crippen LogP) is 0.304.